The van der Waals surface area contributed by atoms with E-state index in [1.807, 2.05) is 17.2 Å². The number of aryl methyl sites for hydroxylation is 1. The van der Waals surface area contributed by atoms with Gasteiger partial charge < -0.3 is 9.47 Å². The number of hydrogen-bond acceptors (Lipinski definition) is 2. The standard InChI is InChI=1S/C22H28FN3O/c1-16-13-24-21(26(16)15-17-7-8-17)11-19-5-3-9-25(14-19)22(27)12-18-4-2-6-20(23)10-18/h2,4,6,10,13,17,19H,3,5,7-9,11-12,14-15H2,1H3. The molecule has 1 aromatic heterocycles. The van der Waals surface area contributed by atoms with Crippen molar-refractivity contribution in [2.75, 3.05) is 13.1 Å². The summed E-state index contributed by atoms with van der Waals surface area (Å²) in [7, 11) is 0. The van der Waals surface area contributed by atoms with Gasteiger partial charge in [-0.2, -0.15) is 0 Å². The molecule has 0 bridgehead atoms. The molecule has 2 fully saturated rings. The molecule has 2 aliphatic rings. The molecule has 1 saturated carbocycles. The zero-order chi connectivity index (χ0) is 18.8. The van der Waals surface area contributed by atoms with E-state index in [-0.39, 0.29) is 18.1 Å². The lowest BCUT2D eigenvalue weighted by atomic mass is 9.94. The van der Waals surface area contributed by atoms with Gasteiger partial charge in [0.1, 0.15) is 11.6 Å². The van der Waals surface area contributed by atoms with Gasteiger partial charge in [-0.1, -0.05) is 12.1 Å². The molecule has 0 spiro atoms. The molecule has 5 heteroatoms. The molecule has 144 valence electrons. The highest BCUT2D eigenvalue weighted by atomic mass is 19.1. The van der Waals surface area contributed by atoms with Crippen molar-refractivity contribution in [2.24, 2.45) is 11.8 Å². The van der Waals surface area contributed by atoms with E-state index >= 15 is 0 Å². The molecule has 1 amide bonds. The topological polar surface area (TPSA) is 38.1 Å². The molecule has 2 aromatic rings. The molecule has 2 heterocycles. The fourth-order valence-electron chi connectivity index (χ4n) is 4.13. The van der Waals surface area contributed by atoms with Gasteiger partial charge in [-0.15, -0.1) is 0 Å². The SMILES string of the molecule is Cc1cnc(CC2CCCN(C(=O)Cc3cccc(F)c3)C2)n1CC1CC1. The Labute approximate surface area is 160 Å². The number of carbonyl (C=O) groups is 1. The van der Waals surface area contributed by atoms with Crippen LogP contribution >= 0.6 is 0 Å². The second-order valence-electron chi connectivity index (χ2n) is 8.23. The van der Waals surface area contributed by atoms with E-state index in [4.69, 9.17) is 0 Å². The van der Waals surface area contributed by atoms with Crippen LogP contribution in [0.2, 0.25) is 0 Å². The Kier molecular flexibility index (Phi) is 5.28. The quantitative estimate of drug-likeness (QED) is 0.777. The van der Waals surface area contributed by atoms with Crippen LogP contribution in [-0.2, 0) is 24.2 Å². The Bertz CT molecular complexity index is 812. The van der Waals surface area contributed by atoms with Crippen molar-refractivity contribution in [1.82, 2.24) is 14.5 Å². The molecule has 1 atom stereocenters. The maximum absolute atomic E-state index is 13.4. The molecular weight excluding hydrogens is 341 g/mol. The number of halogens is 1. The maximum Gasteiger partial charge on any atom is 0.227 e. The van der Waals surface area contributed by atoms with Crippen LogP contribution < -0.4 is 0 Å². The number of rotatable bonds is 6. The molecule has 1 aromatic carbocycles. The summed E-state index contributed by atoms with van der Waals surface area (Å²) in [6, 6.07) is 6.35. The predicted octanol–water partition coefficient (Wildman–Crippen LogP) is 3.76. The van der Waals surface area contributed by atoms with Crippen LogP contribution in [-0.4, -0.2) is 33.4 Å². The van der Waals surface area contributed by atoms with Crippen LogP contribution in [0, 0.1) is 24.6 Å². The highest BCUT2D eigenvalue weighted by Gasteiger charge is 2.27. The van der Waals surface area contributed by atoms with Gasteiger partial charge in [-0.3, -0.25) is 4.79 Å². The van der Waals surface area contributed by atoms with Crippen molar-refractivity contribution in [3.8, 4) is 0 Å². The number of benzene rings is 1. The van der Waals surface area contributed by atoms with E-state index < -0.39 is 0 Å². The molecule has 27 heavy (non-hydrogen) atoms. The lowest BCUT2D eigenvalue weighted by molar-refractivity contribution is -0.132. The van der Waals surface area contributed by atoms with E-state index in [0.717, 1.165) is 50.4 Å². The Morgan fingerprint density at radius 1 is 1.26 bits per heavy atom. The summed E-state index contributed by atoms with van der Waals surface area (Å²) in [5.74, 6) is 2.27. The first-order chi connectivity index (χ1) is 13.1. The molecule has 4 nitrogen and oxygen atoms in total. The maximum atomic E-state index is 13.4. The largest absolute Gasteiger partial charge is 0.342 e. The van der Waals surface area contributed by atoms with Crippen LogP contribution in [0.4, 0.5) is 4.39 Å². The predicted molar refractivity (Wildman–Crippen MR) is 103 cm³/mol. The summed E-state index contributed by atoms with van der Waals surface area (Å²) < 4.78 is 15.7. The third-order valence-electron chi connectivity index (χ3n) is 5.86. The molecule has 0 radical (unpaired) electrons. The second kappa shape index (κ2) is 7.83. The van der Waals surface area contributed by atoms with Gasteiger partial charge in [-0.05, 0) is 62.1 Å². The lowest BCUT2D eigenvalue weighted by Crippen LogP contribution is -2.41. The van der Waals surface area contributed by atoms with Crippen LogP contribution in [0.3, 0.4) is 0 Å². The average Bonchev–Trinajstić information content (AvgIpc) is 3.41. The van der Waals surface area contributed by atoms with Gasteiger partial charge in [0.05, 0.1) is 6.42 Å². The minimum absolute atomic E-state index is 0.0998. The Hall–Kier alpha value is -2.17. The van der Waals surface area contributed by atoms with Crippen LogP contribution in [0.25, 0.3) is 0 Å². The third-order valence-corrected chi connectivity index (χ3v) is 5.86. The summed E-state index contributed by atoms with van der Waals surface area (Å²) in [6.45, 7) is 4.81. The number of carbonyl (C=O) groups excluding carboxylic acids is 1. The molecule has 4 rings (SSSR count). The van der Waals surface area contributed by atoms with Gasteiger partial charge in [0.25, 0.3) is 0 Å². The minimum Gasteiger partial charge on any atom is -0.342 e. The summed E-state index contributed by atoms with van der Waals surface area (Å²) in [6.07, 6.45) is 8.03. The van der Waals surface area contributed by atoms with Gasteiger partial charge in [0.15, 0.2) is 0 Å². The molecule has 1 aliphatic carbocycles. The van der Waals surface area contributed by atoms with Crippen molar-refractivity contribution in [3.05, 3.63) is 53.4 Å². The second-order valence-corrected chi connectivity index (χ2v) is 8.23. The molecular formula is C22H28FN3O. The summed E-state index contributed by atoms with van der Waals surface area (Å²) in [5.41, 5.74) is 1.99. The van der Waals surface area contributed by atoms with Gasteiger partial charge in [0.2, 0.25) is 5.91 Å². The first kappa shape index (κ1) is 18.2. The monoisotopic (exact) mass is 369 g/mol. The van der Waals surface area contributed by atoms with E-state index in [0.29, 0.717) is 5.92 Å². The molecule has 0 N–H and O–H groups in total. The normalized spacial score (nSPS) is 20.1. The fraction of sp³-hybridized carbons (Fsp3) is 0.545. The molecule has 1 unspecified atom stereocenters. The summed E-state index contributed by atoms with van der Waals surface area (Å²) in [5, 5.41) is 0. The highest BCUT2D eigenvalue weighted by molar-refractivity contribution is 5.78. The highest BCUT2D eigenvalue weighted by Crippen LogP contribution is 2.32. The number of aromatic nitrogens is 2. The van der Waals surface area contributed by atoms with Gasteiger partial charge in [-0.25, -0.2) is 9.37 Å². The lowest BCUT2D eigenvalue weighted by Gasteiger charge is -2.33. The zero-order valence-corrected chi connectivity index (χ0v) is 16.0. The van der Waals surface area contributed by atoms with Gasteiger partial charge in [0, 0.05) is 37.9 Å². The first-order valence-corrected chi connectivity index (χ1v) is 10.1. The Morgan fingerprint density at radius 3 is 2.89 bits per heavy atom. The van der Waals surface area contributed by atoms with Crippen molar-refractivity contribution in [1.29, 1.82) is 0 Å². The molecule has 1 saturated heterocycles. The number of imidazole rings is 1. The third kappa shape index (κ3) is 4.57. The number of nitrogens with zero attached hydrogens (tertiary/aromatic N) is 3. The molecule has 1 aliphatic heterocycles. The average molecular weight is 369 g/mol. The van der Waals surface area contributed by atoms with Crippen molar-refractivity contribution in [2.45, 2.75) is 52.0 Å². The van der Waals surface area contributed by atoms with Crippen molar-refractivity contribution in [3.63, 3.8) is 0 Å². The number of piperidine rings is 1. The van der Waals surface area contributed by atoms with E-state index in [1.54, 1.807) is 6.07 Å². The van der Waals surface area contributed by atoms with Crippen LogP contribution in [0.1, 0.15) is 42.8 Å². The van der Waals surface area contributed by atoms with E-state index in [2.05, 4.69) is 16.5 Å². The van der Waals surface area contributed by atoms with E-state index in [1.165, 1.54) is 36.5 Å². The number of hydrogen-bond donors (Lipinski definition) is 0. The number of likely N-dealkylation sites (tertiary alicyclic amines) is 1. The van der Waals surface area contributed by atoms with Gasteiger partial charge >= 0.3 is 0 Å². The van der Waals surface area contributed by atoms with Crippen molar-refractivity contribution >= 4 is 5.91 Å². The first-order valence-electron chi connectivity index (χ1n) is 10.1. The number of amides is 1. The van der Waals surface area contributed by atoms with Crippen LogP contribution in [0.5, 0.6) is 0 Å². The Morgan fingerprint density at radius 2 is 2.11 bits per heavy atom. The fourth-order valence-corrected chi connectivity index (χ4v) is 4.13. The Balaban J connectivity index is 1.37. The van der Waals surface area contributed by atoms with Crippen molar-refractivity contribution < 1.29 is 9.18 Å². The van der Waals surface area contributed by atoms with Crippen LogP contribution in [0.15, 0.2) is 30.5 Å². The zero-order valence-electron chi connectivity index (χ0n) is 16.0. The summed E-state index contributed by atoms with van der Waals surface area (Å²) in [4.78, 5) is 19.3. The smallest absolute Gasteiger partial charge is 0.227 e. The van der Waals surface area contributed by atoms with E-state index in [9.17, 15) is 9.18 Å². The minimum atomic E-state index is -0.283. The summed E-state index contributed by atoms with van der Waals surface area (Å²) >= 11 is 0.